The molecular formula is C19H16ClF3N2OS. The van der Waals surface area contributed by atoms with Gasteiger partial charge in [0.2, 0.25) is 0 Å². The zero-order valence-electron chi connectivity index (χ0n) is 14.1. The summed E-state index contributed by atoms with van der Waals surface area (Å²) in [6.45, 7) is 4.34. The number of nitrogens with one attached hydrogen (secondary N) is 1. The second kappa shape index (κ2) is 9.49. The summed E-state index contributed by atoms with van der Waals surface area (Å²) in [4.78, 5) is 14.7. The Hall–Kier alpha value is -2.43. The minimum atomic E-state index is -4.41. The first kappa shape index (κ1) is 20.9. The predicted octanol–water partition coefficient (Wildman–Crippen LogP) is 5.17. The lowest BCUT2D eigenvalue weighted by Gasteiger charge is -2.20. The Labute approximate surface area is 164 Å². The molecule has 0 bridgehead atoms. The van der Waals surface area contributed by atoms with Crippen molar-refractivity contribution in [3.8, 4) is 11.8 Å². The number of hydrogen-bond donors (Lipinski definition) is 1. The Morgan fingerprint density at radius 3 is 2.74 bits per heavy atom. The van der Waals surface area contributed by atoms with Crippen LogP contribution in [0.4, 0.5) is 18.0 Å². The second-order valence-corrected chi connectivity index (χ2v) is 7.21. The van der Waals surface area contributed by atoms with Crippen LogP contribution in [0.5, 0.6) is 0 Å². The third kappa shape index (κ3) is 6.66. The third-order valence-corrected chi connectivity index (χ3v) is 4.58. The maximum atomic E-state index is 12.7. The summed E-state index contributed by atoms with van der Waals surface area (Å²) in [6, 6.07) is 7.97. The number of hydrogen-bond acceptors (Lipinski definition) is 2. The predicted molar refractivity (Wildman–Crippen MR) is 102 cm³/mol. The molecule has 0 spiro atoms. The van der Waals surface area contributed by atoms with Crippen LogP contribution in [0.25, 0.3) is 0 Å². The molecule has 27 heavy (non-hydrogen) atoms. The lowest BCUT2D eigenvalue weighted by Crippen LogP contribution is -2.39. The molecule has 0 saturated carbocycles. The van der Waals surface area contributed by atoms with Crippen LogP contribution < -0.4 is 5.32 Å². The lowest BCUT2D eigenvalue weighted by atomic mass is 10.1. The van der Waals surface area contributed by atoms with Crippen LogP contribution in [-0.2, 0) is 12.7 Å². The number of amides is 2. The minimum Gasteiger partial charge on any atom is -0.327 e. The van der Waals surface area contributed by atoms with Crippen molar-refractivity contribution in [1.82, 2.24) is 10.2 Å². The van der Waals surface area contributed by atoms with E-state index in [1.54, 1.807) is 12.1 Å². The van der Waals surface area contributed by atoms with Crippen molar-refractivity contribution in [2.75, 3.05) is 13.1 Å². The maximum absolute atomic E-state index is 12.7. The summed E-state index contributed by atoms with van der Waals surface area (Å²) < 4.78 is 38.7. The van der Waals surface area contributed by atoms with Crippen molar-refractivity contribution < 1.29 is 18.0 Å². The number of carbonyl (C=O) groups is 1. The molecule has 2 amide bonds. The van der Waals surface area contributed by atoms with Crippen LogP contribution in [0.15, 0.2) is 49.1 Å². The van der Waals surface area contributed by atoms with E-state index in [9.17, 15) is 18.0 Å². The summed E-state index contributed by atoms with van der Waals surface area (Å²) in [6.07, 6.45) is -2.81. The maximum Gasteiger partial charge on any atom is 0.416 e. The summed E-state index contributed by atoms with van der Waals surface area (Å²) in [7, 11) is 0. The molecule has 0 aliphatic heterocycles. The number of nitrogens with zero attached hydrogens (tertiary/aromatic N) is 1. The van der Waals surface area contributed by atoms with Crippen LogP contribution in [0.1, 0.15) is 16.0 Å². The van der Waals surface area contributed by atoms with E-state index in [0.29, 0.717) is 17.4 Å². The van der Waals surface area contributed by atoms with E-state index in [-0.39, 0.29) is 18.1 Å². The normalized spacial score (nSPS) is 10.7. The first-order chi connectivity index (χ1) is 12.8. The first-order valence-electron chi connectivity index (χ1n) is 7.83. The number of halogens is 4. The molecular weight excluding hydrogens is 397 g/mol. The quantitative estimate of drug-likeness (QED) is 0.533. The van der Waals surface area contributed by atoms with E-state index in [1.807, 2.05) is 6.07 Å². The molecule has 1 aromatic carbocycles. The number of thiophene rings is 1. The average Bonchev–Trinajstić information content (AvgIpc) is 3.02. The minimum absolute atomic E-state index is 0.00786. The van der Waals surface area contributed by atoms with Gasteiger partial charge in [-0.15, -0.1) is 17.9 Å². The van der Waals surface area contributed by atoms with Gasteiger partial charge in [-0.3, -0.25) is 0 Å². The summed E-state index contributed by atoms with van der Waals surface area (Å²) in [5.41, 5.74) is -0.527. The number of carbonyl (C=O) groups excluding carboxylic acids is 1. The summed E-state index contributed by atoms with van der Waals surface area (Å²) >= 11 is 7.27. The van der Waals surface area contributed by atoms with Gasteiger partial charge in [0, 0.05) is 17.0 Å². The van der Waals surface area contributed by atoms with Gasteiger partial charge in [0.25, 0.3) is 0 Å². The summed E-state index contributed by atoms with van der Waals surface area (Å²) in [5, 5.41) is 2.62. The Morgan fingerprint density at radius 2 is 2.11 bits per heavy atom. The average molecular weight is 413 g/mol. The molecule has 1 heterocycles. The van der Waals surface area contributed by atoms with Gasteiger partial charge in [-0.2, -0.15) is 13.2 Å². The molecule has 0 aliphatic rings. The second-order valence-electron chi connectivity index (χ2n) is 5.41. The smallest absolute Gasteiger partial charge is 0.327 e. The Bertz CT molecular complexity index is 868. The van der Waals surface area contributed by atoms with E-state index in [4.69, 9.17) is 11.6 Å². The van der Waals surface area contributed by atoms with Gasteiger partial charge in [-0.1, -0.05) is 35.6 Å². The SMILES string of the molecule is C=CCN(Cc1ccc(Cl)s1)C(=O)NCC#Cc1cccc(C(F)(F)F)c1. The van der Waals surface area contributed by atoms with E-state index in [0.717, 1.165) is 17.0 Å². The fourth-order valence-electron chi connectivity index (χ4n) is 2.15. The van der Waals surface area contributed by atoms with Crippen LogP contribution in [0.2, 0.25) is 4.34 Å². The van der Waals surface area contributed by atoms with Crippen LogP contribution in [0.3, 0.4) is 0 Å². The lowest BCUT2D eigenvalue weighted by molar-refractivity contribution is -0.137. The van der Waals surface area contributed by atoms with Gasteiger partial charge in [-0.25, -0.2) is 4.79 Å². The zero-order valence-corrected chi connectivity index (χ0v) is 15.7. The van der Waals surface area contributed by atoms with Crippen molar-refractivity contribution in [2.24, 2.45) is 0 Å². The van der Waals surface area contributed by atoms with E-state index in [2.05, 4.69) is 23.7 Å². The first-order valence-corrected chi connectivity index (χ1v) is 9.03. The molecule has 8 heteroatoms. The molecule has 0 fully saturated rings. The number of rotatable bonds is 5. The van der Waals surface area contributed by atoms with Gasteiger partial charge < -0.3 is 10.2 Å². The molecule has 0 radical (unpaired) electrons. The van der Waals surface area contributed by atoms with Crippen LogP contribution >= 0.6 is 22.9 Å². The summed E-state index contributed by atoms with van der Waals surface area (Å²) in [5.74, 6) is 5.27. The van der Waals surface area contributed by atoms with Crippen molar-refractivity contribution in [1.29, 1.82) is 0 Å². The van der Waals surface area contributed by atoms with Gasteiger partial charge in [0.05, 0.1) is 23.0 Å². The van der Waals surface area contributed by atoms with E-state index < -0.39 is 11.7 Å². The van der Waals surface area contributed by atoms with Crippen LogP contribution in [-0.4, -0.2) is 24.0 Å². The van der Waals surface area contributed by atoms with Crippen LogP contribution in [0, 0.1) is 11.8 Å². The molecule has 0 atom stereocenters. The monoisotopic (exact) mass is 412 g/mol. The Balaban J connectivity index is 1.94. The highest BCUT2D eigenvalue weighted by molar-refractivity contribution is 7.16. The molecule has 3 nitrogen and oxygen atoms in total. The van der Waals surface area contributed by atoms with Gasteiger partial charge >= 0.3 is 12.2 Å². The molecule has 0 unspecified atom stereocenters. The topological polar surface area (TPSA) is 32.3 Å². The van der Waals surface area contributed by atoms with Crippen molar-refractivity contribution in [3.63, 3.8) is 0 Å². The van der Waals surface area contributed by atoms with E-state index >= 15 is 0 Å². The molecule has 2 rings (SSSR count). The van der Waals surface area contributed by atoms with E-state index in [1.165, 1.54) is 28.4 Å². The molecule has 0 aliphatic carbocycles. The van der Waals surface area contributed by atoms with Gasteiger partial charge in [0.1, 0.15) is 0 Å². The molecule has 1 N–H and O–H groups in total. The number of alkyl halides is 3. The van der Waals surface area contributed by atoms with Gasteiger partial charge in [-0.05, 0) is 30.3 Å². The zero-order chi connectivity index (χ0) is 19.9. The number of urea groups is 1. The van der Waals surface area contributed by atoms with Crippen molar-refractivity contribution >= 4 is 29.0 Å². The fraction of sp³-hybridized carbons (Fsp3) is 0.211. The Kier molecular flexibility index (Phi) is 7.34. The van der Waals surface area contributed by atoms with Gasteiger partial charge in [0.15, 0.2) is 0 Å². The highest BCUT2D eigenvalue weighted by Gasteiger charge is 2.30. The molecule has 2 aromatic rings. The molecule has 142 valence electrons. The molecule has 0 saturated heterocycles. The molecule has 1 aromatic heterocycles. The van der Waals surface area contributed by atoms with Crippen molar-refractivity contribution in [3.05, 3.63) is 69.4 Å². The highest BCUT2D eigenvalue weighted by atomic mass is 35.5. The third-order valence-electron chi connectivity index (χ3n) is 3.36. The Morgan fingerprint density at radius 1 is 1.33 bits per heavy atom. The largest absolute Gasteiger partial charge is 0.416 e. The highest BCUT2D eigenvalue weighted by Crippen LogP contribution is 2.29. The standard InChI is InChI=1S/C19H16ClF3N2OS/c1-2-11-25(13-16-8-9-17(20)27-16)18(26)24-10-4-6-14-5-3-7-15(12-14)19(21,22)23/h2-3,5,7-9,12H,1,10-11,13H2,(H,24,26). The fourth-order valence-corrected chi connectivity index (χ4v) is 3.25. The number of benzene rings is 1. The van der Waals surface area contributed by atoms with Crippen molar-refractivity contribution in [2.45, 2.75) is 12.7 Å².